The lowest BCUT2D eigenvalue weighted by molar-refractivity contribution is -0.135. The summed E-state index contributed by atoms with van der Waals surface area (Å²) in [6.45, 7) is 0.106. The average molecular weight is 457 g/mol. The van der Waals surface area contributed by atoms with E-state index in [1.165, 1.54) is 19.1 Å². The minimum atomic E-state index is -4.15. The molecule has 1 aromatic carbocycles. The number of carbonyl (C=O) groups is 1. The normalized spacial score (nSPS) is 25.1. The second-order valence-corrected chi connectivity index (χ2v) is 8.79. The topological polar surface area (TPSA) is 149 Å². The minimum Gasteiger partial charge on any atom is -0.480 e. The largest absolute Gasteiger partial charge is 0.480 e. The molecule has 0 radical (unpaired) electrons. The summed E-state index contributed by atoms with van der Waals surface area (Å²) in [4.78, 5) is 36.1. The fraction of sp³-hybridized carbons (Fsp3) is 0.389. The zero-order valence-corrected chi connectivity index (χ0v) is 17.3. The average Bonchev–Trinajstić information content (AvgIpc) is 3.00. The van der Waals surface area contributed by atoms with E-state index < -0.39 is 56.1 Å². The van der Waals surface area contributed by atoms with Crippen molar-refractivity contribution >= 4 is 13.7 Å². The summed E-state index contributed by atoms with van der Waals surface area (Å²) in [5.74, 6) is -1.12. The van der Waals surface area contributed by atoms with Crippen molar-refractivity contribution in [1.82, 2.24) is 14.6 Å². The molecule has 31 heavy (non-hydrogen) atoms. The molecule has 3 rings (SSSR count). The van der Waals surface area contributed by atoms with Gasteiger partial charge in [-0.2, -0.15) is 0 Å². The zero-order chi connectivity index (χ0) is 22.6. The van der Waals surface area contributed by atoms with Crippen molar-refractivity contribution < 1.29 is 32.6 Å². The number of para-hydroxylation sites is 1. The van der Waals surface area contributed by atoms with Gasteiger partial charge in [-0.05, 0) is 19.1 Å². The number of nitrogens with one attached hydrogen (secondary N) is 2. The van der Waals surface area contributed by atoms with Crippen LogP contribution in [-0.2, 0) is 18.6 Å². The summed E-state index contributed by atoms with van der Waals surface area (Å²) in [7, 11) is -4.15. The van der Waals surface area contributed by atoms with Crippen LogP contribution in [-0.4, -0.2) is 45.6 Å². The number of rotatable bonds is 9. The van der Waals surface area contributed by atoms with Crippen LogP contribution in [0.4, 0.5) is 4.39 Å². The summed E-state index contributed by atoms with van der Waals surface area (Å²) < 4.78 is 45.2. The number of nitrogens with zero attached hydrogens (tertiary/aromatic N) is 1. The Bertz CT molecular complexity index is 1090. The van der Waals surface area contributed by atoms with E-state index in [2.05, 4.69) is 5.09 Å². The maximum Gasteiger partial charge on any atom is 0.459 e. The summed E-state index contributed by atoms with van der Waals surface area (Å²) in [6, 6.07) is 9.01. The Kier molecular flexibility index (Phi) is 6.75. The molecule has 1 saturated heterocycles. The Morgan fingerprint density at radius 1 is 1.39 bits per heavy atom. The van der Waals surface area contributed by atoms with Crippen molar-refractivity contribution in [2.45, 2.75) is 31.3 Å². The number of benzene rings is 1. The van der Waals surface area contributed by atoms with Gasteiger partial charge in [0.2, 0.25) is 0 Å². The van der Waals surface area contributed by atoms with E-state index in [1.807, 2.05) is 4.98 Å². The van der Waals surface area contributed by atoms with Crippen LogP contribution in [0, 0.1) is 0 Å². The number of H-pyrrole nitrogens is 1. The summed E-state index contributed by atoms with van der Waals surface area (Å²) in [6.07, 6.45) is -1.39. The van der Waals surface area contributed by atoms with Gasteiger partial charge in [-0.3, -0.25) is 23.7 Å². The van der Waals surface area contributed by atoms with Gasteiger partial charge in [0, 0.05) is 18.7 Å². The summed E-state index contributed by atoms with van der Waals surface area (Å²) in [5.41, 5.74) is -3.48. The highest BCUT2D eigenvalue weighted by atomic mass is 31.2. The molecule has 2 heterocycles. The quantitative estimate of drug-likeness (QED) is 0.475. The van der Waals surface area contributed by atoms with Crippen molar-refractivity contribution in [2.24, 2.45) is 0 Å². The second-order valence-electron chi connectivity index (χ2n) is 7.04. The number of carboxylic acids is 1. The molecule has 2 aromatic rings. The van der Waals surface area contributed by atoms with Gasteiger partial charge in [-0.15, -0.1) is 0 Å². The van der Waals surface area contributed by atoms with Crippen LogP contribution in [0.2, 0.25) is 0 Å². The number of hydrogen-bond acceptors (Lipinski definition) is 7. The highest BCUT2D eigenvalue weighted by Gasteiger charge is 2.48. The third-order valence-electron chi connectivity index (χ3n) is 4.39. The first-order valence-electron chi connectivity index (χ1n) is 9.20. The molecule has 168 valence electrons. The number of halogens is 1. The lowest BCUT2D eigenvalue weighted by Crippen LogP contribution is -2.38. The molecule has 0 saturated carbocycles. The molecule has 1 aliphatic rings. The van der Waals surface area contributed by atoms with Crippen molar-refractivity contribution in [2.75, 3.05) is 13.2 Å². The molecule has 1 unspecified atom stereocenters. The Hall–Kier alpha value is -2.79. The van der Waals surface area contributed by atoms with Gasteiger partial charge in [0.15, 0.2) is 11.9 Å². The number of ether oxygens (including phenoxy) is 1. The molecule has 0 amide bonds. The van der Waals surface area contributed by atoms with E-state index in [9.17, 15) is 18.9 Å². The lowest BCUT2D eigenvalue weighted by atomic mass is 10.0. The van der Waals surface area contributed by atoms with E-state index in [0.717, 1.165) is 16.8 Å². The molecule has 1 aliphatic heterocycles. The van der Waals surface area contributed by atoms with Gasteiger partial charge in [0.05, 0.1) is 12.7 Å². The van der Waals surface area contributed by atoms with Gasteiger partial charge in [0.1, 0.15) is 12.3 Å². The van der Waals surface area contributed by atoms with E-state index in [-0.39, 0.29) is 12.2 Å². The lowest BCUT2D eigenvalue weighted by Gasteiger charge is -2.22. The smallest absolute Gasteiger partial charge is 0.459 e. The molecular weight excluding hydrogens is 436 g/mol. The number of alkyl halides is 1. The predicted octanol–water partition coefficient (Wildman–Crippen LogP) is 1.43. The Labute approximate surface area is 175 Å². The molecule has 3 N–H and O–H groups in total. The first kappa shape index (κ1) is 22.9. The van der Waals surface area contributed by atoms with Gasteiger partial charge in [-0.25, -0.2) is 18.8 Å². The third kappa shape index (κ3) is 5.88. The monoisotopic (exact) mass is 457 g/mol. The highest BCUT2D eigenvalue weighted by molar-refractivity contribution is 7.52. The number of carboxylic acid groups (broad SMARTS) is 1. The van der Waals surface area contributed by atoms with Crippen LogP contribution in [0.15, 0.2) is 52.2 Å². The van der Waals surface area contributed by atoms with Crippen molar-refractivity contribution in [3.63, 3.8) is 0 Å². The third-order valence-corrected chi connectivity index (χ3v) is 5.88. The minimum absolute atomic E-state index is 0.170. The van der Waals surface area contributed by atoms with Crippen LogP contribution in [0.3, 0.4) is 0 Å². The van der Waals surface area contributed by atoms with Gasteiger partial charge in [-0.1, -0.05) is 18.2 Å². The molecule has 0 spiro atoms. The molecule has 0 aliphatic carbocycles. The maximum absolute atomic E-state index is 15.1. The van der Waals surface area contributed by atoms with Crippen molar-refractivity contribution in [3.8, 4) is 5.75 Å². The van der Waals surface area contributed by atoms with Crippen molar-refractivity contribution in [3.05, 3.63) is 63.4 Å². The van der Waals surface area contributed by atoms with Gasteiger partial charge >= 0.3 is 19.4 Å². The molecule has 4 atom stereocenters. The van der Waals surface area contributed by atoms with Crippen LogP contribution in [0.25, 0.3) is 0 Å². The van der Waals surface area contributed by atoms with Crippen LogP contribution in [0.5, 0.6) is 5.75 Å². The number of hydrogen-bond donors (Lipinski definition) is 3. The highest BCUT2D eigenvalue weighted by Crippen LogP contribution is 2.46. The first-order chi connectivity index (χ1) is 14.6. The van der Waals surface area contributed by atoms with Crippen LogP contribution < -0.4 is 20.9 Å². The summed E-state index contributed by atoms with van der Waals surface area (Å²) >= 11 is 0. The molecule has 1 fully saturated rings. The van der Waals surface area contributed by atoms with Gasteiger partial charge < -0.3 is 14.4 Å². The molecule has 1 aromatic heterocycles. The Morgan fingerprint density at radius 2 is 2.10 bits per heavy atom. The van der Waals surface area contributed by atoms with Crippen LogP contribution in [0.1, 0.15) is 19.6 Å². The fourth-order valence-corrected chi connectivity index (χ4v) is 4.35. The number of aromatic amines is 1. The van der Waals surface area contributed by atoms with E-state index in [1.54, 1.807) is 18.2 Å². The maximum atomic E-state index is 15.1. The molecule has 11 nitrogen and oxygen atoms in total. The van der Waals surface area contributed by atoms with E-state index in [0.29, 0.717) is 0 Å². The van der Waals surface area contributed by atoms with Gasteiger partial charge in [0.25, 0.3) is 5.56 Å². The standard InChI is InChI=1S/C18H21FN3O8P/c1-18(19)9-13(29-16(18)22-8-7-14(23)21-17(22)26)11-28-31(27,20-10-15(24)25)30-12-5-3-2-4-6-12/h2-8,13,16H,9-11H2,1H3,(H,20,27)(H,24,25)(H,21,23,26)/t13-,16+,18+,31?/m0/s1. The zero-order valence-electron chi connectivity index (χ0n) is 16.4. The first-order valence-corrected chi connectivity index (χ1v) is 10.7. The molecule has 13 heteroatoms. The Balaban J connectivity index is 1.72. The van der Waals surface area contributed by atoms with Crippen LogP contribution >= 0.6 is 7.75 Å². The summed E-state index contributed by atoms with van der Waals surface area (Å²) in [5, 5.41) is 11.1. The number of aliphatic carboxylic acids is 1. The second kappa shape index (κ2) is 9.15. The number of aromatic nitrogens is 2. The molecular formula is C18H21FN3O8P. The predicted molar refractivity (Wildman–Crippen MR) is 106 cm³/mol. The van der Waals surface area contributed by atoms with E-state index in [4.69, 9.17) is 18.9 Å². The fourth-order valence-electron chi connectivity index (χ4n) is 3.05. The van der Waals surface area contributed by atoms with Crippen molar-refractivity contribution in [1.29, 1.82) is 0 Å². The molecule has 0 bridgehead atoms. The van der Waals surface area contributed by atoms with E-state index >= 15 is 4.39 Å². The Morgan fingerprint density at radius 3 is 2.74 bits per heavy atom. The SMILES string of the molecule is C[C@@]1(F)C[C@@H](COP(=O)(NCC(=O)O)Oc2ccccc2)O[C@H]1n1ccc(=O)[nH]c1=O.